The lowest BCUT2D eigenvalue weighted by atomic mass is 9.99. The van der Waals surface area contributed by atoms with Gasteiger partial charge in [0, 0.05) is 4.88 Å². The van der Waals surface area contributed by atoms with Crippen LogP contribution in [-0.2, 0) is 0 Å². The zero-order valence-electron chi connectivity index (χ0n) is 12.1. The summed E-state index contributed by atoms with van der Waals surface area (Å²) in [7, 11) is 0. The standard InChI is InChI=1S/C16H19F2NOS/c1-3-8-19-15(14-7-9-21-11(14)2)12-5-4-6-13(10-12)20-16(17)18/h4-7,9-10,15-16,19H,3,8H2,1-2H3. The van der Waals surface area contributed by atoms with Crippen molar-refractivity contribution in [3.05, 3.63) is 51.7 Å². The quantitative estimate of drug-likeness (QED) is 0.797. The fraction of sp³-hybridized carbons (Fsp3) is 0.375. The highest BCUT2D eigenvalue weighted by Crippen LogP contribution is 2.30. The number of aryl methyl sites for hydroxylation is 1. The van der Waals surface area contributed by atoms with Crippen molar-refractivity contribution < 1.29 is 13.5 Å². The van der Waals surface area contributed by atoms with E-state index >= 15 is 0 Å². The van der Waals surface area contributed by atoms with Crippen LogP contribution in [0.25, 0.3) is 0 Å². The number of thiophene rings is 1. The van der Waals surface area contributed by atoms with Crippen LogP contribution in [0.3, 0.4) is 0 Å². The summed E-state index contributed by atoms with van der Waals surface area (Å²) in [6.45, 7) is 2.23. The maximum Gasteiger partial charge on any atom is 0.387 e. The molecule has 0 aliphatic rings. The van der Waals surface area contributed by atoms with Gasteiger partial charge in [-0.25, -0.2) is 0 Å². The minimum absolute atomic E-state index is 0.00239. The lowest BCUT2D eigenvalue weighted by Crippen LogP contribution is -2.23. The van der Waals surface area contributed by atoms with Crippen molar-refractivity contribution >= 4 is 11.3 Å². The molecule has 0 amide bonds. The van der Waals surface area contributed by atoms with Crippen LogP contribution in [0.15, 0.2) is 35.7 Å². The second-order valence-electron chi connectivity index (χ2n) is 4.77. The maximum atomic E-state index is 12.4. The summed E-state index contributed by atoms with van der Waals surface area (Å²) in [4.78, 5) is 1.23. The Labute approximate surface area is 127 Å². The van der Waals surface area contributed by atoms with E-state index < -0.39 is 6.61 Å². The molecule has 1 aromatic heterocycles. The number of hydrogen-bond donors (Lipinski definition) is 1. The second-order valence-corrected chi connectivity index (χ2v) is 5.89. The number of alkyl halides is 2. The van der Waals surface area contributed by atoms with Crippen molar-refractivity contribution in [1.29, 1.82) is 0 Å². The van der Waals surface area contributed by atoms with Crippen molar-refractivity contribution in [2.24, 2.45) is 0 Å². The monoisotopic (exact) mass is 311 g/mol. The molecular formula is C16H19F2NOS. The number of rotatable bonds is 7. The molecule has 0 saturated carbocycles. The fourth-order valence-electron chi connectivity index (χ4n) is 2.26. The highest BCUT2D eigenvalue weighted by atomic mass is 32.1. The molecule has 0 aliphatic carbocycles. The van der Waals surface area contributed by atoms with E-state index in [9.17, 15) is 8.78 Å². The predicted molar refractivity (Wildman–Crippen MR) is 82.3 cm³/mol. The van der Waals surface area contributed by atoms with E-state index in [0.29, 0.717) is 0 Å². The van der Waals surface area contributed by atoms with Crippen LogP contribution in [0, 0.1) is 6.92 Å². The smallest absolute Gasteiger partial charge is 0.387 e. The van der Waals surface area contributed by atoms with Crippen molar-refractivity contribution in [2.75, 3.05) is 6.54 Å². The van der Waals surface area contributed by atoms with E-state index in [-0.39, 0.29) is 11.8 Å². The zero-order valence-corrected chi connectivity index (χ0v) is 12.9. The molecule has 1 atom stereocenters. The largest absolute Gasteiger partial charge is 0.435 e. The van der Waals surface area contributed by atoms with Gasteiger partial charge in [0.05, 0.1) is 6.04 Å². The predicted octanol–water partition coefficient (Wildman–Crippen LogP) is 4.75. The number of halogens is 2. The van der Waals surface area contributed by atoms with Crippen molar-refractivity contribution in [3.8, 4) is 5.75 Å². The summed E-state index contributed by atoms with van der Waals surface area (Å²) in [5.74, 6) is 0.193. The van der Waals surface area contributed by atoms with Gasteiger partial charge < -0.3 is 10.1 Å². The summed E-state index contributed by atoms with van der Waals surface area (Å²) in [6.07, 6.45) is 1.01. The normalized spacial score (nSPS) is 12.6. The molecule has 0 radical (unpaired) electrons. The third-order valence-electron chi connectivity index (χ3n) is 3.23. The Hall–Kier alpha value is -1.46. The summed E-state index contributed by atoms with van der Waals surface area (Å²) in [5.41, 5.74) is 2.12. The van der Waals surface area contributed by atoms with Gasteiger partial charge in [0.15, 0.2) is 0 Å². The summed E-state index contributed by atoms with van der Waals surface area (Å²) in [5, 5.41) is 5.52. The Bertz CT molecular complexity index is 571. The van der Waals surface area contributed by atoms with E-state index in [1.54, 1.807) is 29.5 Å². The third kappa shape index (κ3) is 4.25. The molecule has 2 rings (SSSR count). The molecule has 2 aromatic rings. The molecular weight excluding hydrogens is 292 g/mol. The fourth-order valence-corrected chi connectivity index (χ4v) is 3.00. The molecule has 0 fully saturated rings. The Morgan fingerprint density at radius 3 is 2.71 bits per heavy atom. The first-order valence-electron chi connectivity index (χ1n) is 6.94. The number of benzene rings is 1. The van der Waals surface area contributed by atoms with Gasteiger partial charge in [0.25, 0.3) is 0 Å². The van der Waals surface area contributed by atoms with E-state index in [1.807, 2.05) is 11.4 Å². The van der Waals surface area contributed by atoms with Crippen molar-refractivity contribution in [3.63, 3.8) is 0 Å². The summed E-state index contributed by atoms with van der Waals surface area (Å²) < 4.78 is 29.2. The van der Waals surface area contributed by atoms with Crippen LogP contribution in [0.2, 0.25) is 0 Å². The number of hydrogen-bond acceptors (Lipinski definition) is 3. The molecule has 5 heteroatoms. The zero-order chi connectivity index (χ0) is 15.2. The van der Waals surface area contributed by atoms with Crippen LogP contribution in [0.1, 0.15) is 35.4 Å². The molecule has 1 N–H and O–H groups in total. The van der Waals surface area contributed by atoms with Crippen LogP contribution in [0.5, 0.6) is 5.75 Å². The molecule has 0 aliphatic heterocycles. The minimum atomic E-state index is -2.80. The minimum Gasteiger partial charge on any atom is -0.435 e. The topological polar surface area (TPSA) is 21.3 Å². The summed E-state index contributed by atoms with van der Waals surface area (Å²) in [6, 6.07) is 8.98. The molecule has 0 saturated heterocycles. The molecule has 1 unspecified atom stereocenters. The van der Waals surface area contributed by atoms with Crippen LogP contribution in [-0.4, -0.2) is 13.2 Å². The van der Waals surface area contributed by atoms with Gasteiger partial charge in [0.1, 0.15) is 5.75 Å². The maximum absolute atomic E-state index is 12.4. The second kappa shape index (κ2) is 7.52. The van der Waals surface area contributed by atoms with Gasteiger partial charge in [-0.2, -0.15) is 8.78 Å². The van der Waals surface area contributed by atoms with E-state index in [1.165, 1.54) is 10.4 Å². The Balaban J connectivity index is 2.30. The lowest BCUT2D eigenvalue weighted by molar-refractivity contribution is -0.0498. The van der Waals surface area contributed by atoms with Gasteiger partial charge >= 0.3 is 6.61 Å². The molecule has 2 nitrogen and oxygen atoms in total. The summed E-state index contributed by atoms with van der Waals surface area (Å²) >= 11 is 1.68. The van der Waals surface area contributed by atoms with E-state index in [2.05, 4.69) is 30.0 Å². The number of ether oxygens (including phenoxy) is 1. The van der Waals surface area contributed by atoms with Gasteiger partial charge in [-0.15, -0.1) is 11.3 Å². The first-order chi connectivity index (χ1) is 10.1. The van der Waals surface area contributed by atoms with Crippen molar-refractivity contribution in [2.45, 2.75) is 32.9 Å². The molecule has 114 valence electrons. The Kier molecular flexibility index (Phi) is 5.70. The van der Waals surface area contributed by atoms with Gasteiger partial charge in [-0.3, -0.25) is 0 Å². The lowest BCUT2D eigenvalue weighted by Gasteiger charge is -2.20. The molecule has 0 bridgehead atoms. The van der Waals surface area contributed by atoms with Crippen LogP contribution >= 0.6 is 11.3 Å². The Morgan fingerprint density at radius 1 is 1.29 bits per heavy atom. The Morgan fingerprint density at radius 2 is 2.10 bits per heavy atom. The van der Waals surface area contributed by atoms with E-state index in [0.717, 1.165) is 18.5 Å². The van der Waals surface area contributed by atoms with Crippen molar-refractivity contribution in [1.82, 2.24) is 5.32 Å². The highest BCUT2D eigenvalue weighted by molar-refractivity contribution is 7.10. The first kappa shape index (κ1) is 15.9. The van der Waals surface area contributed by atoms with Crippen LogP contribution < -0.4 is 10.1 Å². The molecule has 1 aromatic carbocycles. The van der Waals surface area contributed by atoms with E-state index in [4.69, 9.17) is 0 Å². The van der Waals surface area contributed by atoms with Crippen LogP contribution in [0.4, 0.5) is 8.78 Å². The molecule has 0 spiro atoms. The first-order valence-corrected chi connectivity index (χ1v) is 7.82. The SMILES string of the molecule is CCCNC(c1cccc(OC(F)F)c1)c1ccsc1C. The third-order valence-corrected chi connectivity index (χ3v) is 4.09. The molecule has 1 heterocycles. The van der Waals surface area contributed by atoms with Gasteiger partial charge in [-0.05, 0) is 54.6 Å². The average Bonchev–Trinajstić information content (AvgIpc) is 2.85. The van der Waals surface area contributed by atoms with Gasteiger partial charge in [0.2, 0.25) is 0 Å². The molecule has 21 heavy (non-hydrogen) atoms. The highest BCUT2D eigenvalue weighted by Gasteiger charge is 2.17. The number of nitrogens with one attached hydrogen (secondary N) is 1. The average molecular weight is 311 g/mol. The van der Waals surface area contributed by atoms with Gasteiger partial charge in [-0.1, -0.05) is 19.1 Å².